The van der Waals surface area contributed by atoms with E-state index in [9.17, 15) is 5.48 Å². The van der Waals surface area contributed by atoms with E-state index in [1.54, 1.807) is 28.0 Å². The average molecular weight is 679 g/mol. The highest BCUT2D eigenvalue weighted by Gasteiger charge is 2.25. The molecule has 0 heterocycles. The number of benzene rings is 5. The Morgan fingerprint density at radius 3 is 0.939 bits per heavy atom. The molecule has 0 aliphatic rings. The van der Waals surface area contributed by atoms with Crippen LogP contribution < -0.4 is 9.80 Å². The molecular formula is C46H55ClN2. The minimum absolute atomic E-state index is 0.0143. The number of halogens is 1. The summed E-state index contributed by atoms with van der Waals surface area (Å²) in [6.07, 6.45) is 0. The SMILES string of the molecule is [2H]c1c([2H])c(C(C)(C)C)c([2H])c([2H])c1N(c1ccc(C(C)(C)C)cc1)c1cccc(N(c2ccc(C(C)(C)C)cc2)c2c([2H])c([2H])c(C(C)(C)C)c([2H])c2[2H])c1Cl. The fraction of sp³-hybridized carbons (Fsp3) is 0.348. The van der Waals surface area contributed by atoms with E-state index in [0.717, 1.165) is 11.1 Å². The quantitative estimate of drug-likeness (QED) is 0.176. The predicted molar refractivity (Wildman–Crippen MR) is 216 cm³/mol. The van der Waals surface area contributed by atoms with Crippen molar-refractivity contribution in [2.24, 2.45) is 0 Å². The first-order valence-electron chi connectivity index (χ1n) is 20.9. The van der Waals surface area contributed by atoms with Gasteiger partial charge in [0.05, 0.1) is 27.4 Å². The fourth-order valence-corrected chi connectivity index (χ4v) is 5.73. The van der Waals surface area contributed by atoms with Crippen molar-refractivity contribution in [3.05, 3.63) is 142 Å². The summed E-state index contributed by atoms with van der Waals surface area (Å²) in [5, 5.41) is 0.130. The molecule has 0 fully saturated rings. The minimum atomic E-state index is -0.671. The minimum Gasteiger partial charge on any atom is -0.309 e. The molecule has 0 bridgehead atoms. The molecule has 0 aliphatic heterocycles. The van der Waals surface area contributed by atoms with E-state index < -0.39 is 10.8 Å². The molecule has 0 N–H and O–H groups in total. The van der Waals surface area contributed by atoms with Crippen molar-refractivity contribution in [1.82, 2.24) is 0 Å². The zero-order valence-electron chi connectivity index (χ0n) is 39.1. The molecule has 0 aromatic heterocycles. The third-order valence-corrected chi connectivity index (χ3v) is 8.98. The highest BCUT2D eigenvalue weighted by Crippen LogP contribution is 2.47. The molecule has 0 unspecified atom stereocenters. The van der Waals surface area contributed by atoms with Gasteiger partial charge in [-0.15, -0.1) is 0 Å². The lowest BCUT2D eigenvalue weighted by Crippen LogP contribution is -2.16. The maximum Gasteiger partial charge on any atom is 0.0887 e. The van der Waals surface area contributed by atoms with Crippen LogP contribution in [-0.4, -0.2) is 0 Å². The Kier molecular flexibility index (Phi) is 7.31. The van der Waals surface area contributed by atoms with Gasteiger partial charge in [0.15, 0.2) is 0 Å². The van der Waals surface area contributed by atoms with Crippen molar-refractivity contribution in [1.29, 1.82) is 0 Å². The average Bonchev–Trinajstić information content (AvgIpc) is 3.09. The van der Waals surface area contributed by atoms with Crippen LogP contribution in [0.1, 0.15) is 116 Å². The third kappa shape index (κ3) is 8.08. The first kappa shape index (κ1) is 26.8. The van der Waals surface area contributed by atoms with Gasteiger partial charge in [-0.1, -0.05) is 149 Å². The monoisotopic (exact) mass is 678 g/mol. The topological polar surface area (TPSA) is 6.48 Å². The van der Waals surface area contributed by atoms with Crippen LogP contribution in [0.5, 0.6) is 0 Å². The Bertz CT molecular complexity index is 2110. The van der Waals surface area contributed by atoms with Gasteiger partial charge in [0, 0.05) is 22.7 Å². The molecule has 3 heteroatoms. The molecule has 0 atom stereocenters. The third-order valence-electron chi connectivity index (χ3n) is 8.59. The Morgan fingerprint density at radius 2 is 0.673 bits per heavy atom. The van der Waals surface area contributed by atoms with E-state index in [2.05, 4.69) is 41.5 Å². The van der Waals surface area contributed by atoms with Crippen LogP contribution in [-0.2, 0) is 21.7 Å². The molecule has 0 saturated heterocycles. The molecule has 49 heavy (non-hydrogen) atoms. The van der Waals surface area contributed by atoms with Crippen molar-refractivity contribution in [2.75, 3.05) is 9.80 Å². The molecule has 5 aromatic rings. The molecule has 0 spiro atoms. The summed E-state index contributed by atoms with van der Waals surface area (Å²) in [6, 6.07) is 19.2. The van der Waals surface area contributed by atoms with Crippen LogP contribution >= 0.6 is 11.6 Å². The van der Waals surface area contributed by atoms with Crippen LogP contribution in [0.15, 0.2) is 115 Å². The normalized spacial score (nSPS) is 14.9. The molecule has 0 amide bonds. The van der Waals surface area contributed by atoms with Crippen LogP contribution in [0, 0.1) is 0 Å². The number of nitrogens with zero attached hydrogens (tertiary/aromatic N) is 2. The molecule has 256 valence electrons. The zero-order chi connectivity index (χ0) is 42.9. The molecule has 2 nitrogen and oxygen atoms in total. The molecule has 0 saturated carbocycles. The number of hydrogen-bond acceptors (Lipinski definition) is 2. The van der Waals surface area contributed by atoms with Crippen molar-refractivity contribution >= 4 is 45.7 Å². The molecule has 0 aliphatic carbocycles. The van der Waals surface area contributed by atoms with E-state index >= 15 is 0 Å². The second kappa shape index (κ2) is 13.4. The van der Waals surface area contributed by atoms with Crippen LogP contribution in [0.2, 0.25) is 5.02 Å². The Hall–Kier alpha value is -4.01. The van der Waals surface area contributed by atoms with Gasteiger partial charge in [0.2, 0.25) is 0 Å². The van der Waals surface area contributed by atoms with Crippen molar-refractivity contribution < 1.29 is 11.0 Å². The lowest BCUT2D eigenvalue weighted by Gasteiger charge is -2.32. The molecule has 5 aromatic carbocycles. The fourth-order valence-electron chi connectivity index (χ4n) is 5.44. The van der Waals surface area contributed by atoms with E-state index in [0.29, 0.717) is 33.9 Å². The van der Waals surface area contributed by atoms with Gasteiger partial charge in [-0.05, 0) is 104 Å². The highest BCUT2D eigenvalue weighted by atomic mass is 35.5. The second-order valence-corrected chi connectivity index (χ2v) is 17.2. The lowest BCUT2D eigenvalue weighted by molar-refractivity contribution is 0.590. The number of anilines is 6. The first-order valence-corrected chi connectivity index (χ1v) is 17.3. The van der Waals surface area contributed by atoms with E-state index in [4.69, 9.17) is 17.1 Å². The second-order valence-electron chi connectivity index (χ2n) is 16.8. The smallest absolute Gasteiger partial charge is 0.0887 e. The Labute approximate surface area is 313 Å². The van der Waals surface area contributed by atoms with Gasteiger partial charge >= 0.3 is 0 Å². The Morgan fingerprint density at radius 1 is 0.388 bits per heavy atom. The highest BCUT2D eigenvalue weighted by molar-refractivity contribution is 6.36. The first-order chi connectivity index (χ1) is 26.1. The molecular weight excluding hydrogens is 616 g/mol. The van der Waals surface area contributed by atoms with Crippen molar-refractivity contribution in [3.8, 4) is 0 Å². The Balaban J connectivity index is 1.91. The van der Waals surface area contributed by atoms with Crippen molar-refractivity contribution in [2.45, 2.75) is 105 Å². The van der Waals surface area contributed by atoms with E-state index in [1.165, 1.54) is 0 Å². The summed E-state index contributed by atoms with van der Waals surface area (Å²) in [7, 11) is 0. The predicted octanol–water partition coefficient (Wildman–Crippen LogP) is 14.5. The summed E-state index contributed by atoms with van der Waals surface area (Å²) in [4.78, 5) is 3.29. The number of hydrogen-bond donors (Lipinski definition) is 0. The summed E-state index contributed by atoms with van der Waals surface area (Å²) < 4.78 is 74.0. The van der Waals surface area contributed by atoms with Crippen LogP contribution in [0.25, 0.3) is 0 Å². The maximum atomic E-state index is 9.37. The lowest BCUT2D eigenvalue weighted by atomic mass is 9.86. The standard InChI is InChI=1S/C46H55ClN2/c1-43(2,3)32-16-24-36(25-17-32)48(37-26-18-33(19-27-37)44(4,5)6)40-14-13-15-41(42(40)47)49(38-28-20-34(21-29-38)45(7,8)9)39-30-22-35(23-31-39)46(10,11)12/h13-31H,1-12H3/i16D,17D,20D,21D,24D,25D,28D,29D. The summed E-state index contributed by atoms with van der Waals surface area (Å²) in [5.41, 5.74) is 2.83. The van der Waals surface area contributed by atoms with Crippen LogP contribution in [0.3, 0.4) is 0 Å². The summed E-state index contributed by atoms with van der Waals surface area (Å²) in [5.74, 6) is 0. The summed E-state index contributed by atoms with van der Waals surface area (Å²) >= 11 is 7.57. The zero-order valence-corrected chi connectivity index (χ0v) is 31.9. The molecule has 0 radical (unpaired) electrons. The van der Waals surface area contributed by atoms with Gasteiger partial charge in [-0.3, -0.25) is 0 Å². The van der Waals surface area contributed by atoms with Crippen LogP contribution in [0.4, 0.5) is 34.1 Å². The van der Waals surface area contributed by atoms with E-state index in [1.807, 2.05) is 90.1 Å². The van der Waals surface area contributed by atoms with E-state index in [-0.39, 0.29) is 75.6 Å². The number of rotatable bonds is 6. The largest absolute Gasteiger partial charge is 0.309 e. The van der Waals surface area contributed by atoms with Gasteiger partial charge in [0.1, 0.15) is 0 Å². The molecule has 5 rings (SSSR count). The maximum absolute atomic E-state index is 9.37. The van der Waals surface area contributed by atoms with Gasteiger partial charge in [-0.25, -0.2) is 0 Å². The van der Waals surface area contributed by atoms with Crippen molar-refractivity contribution in [3.63, 3.8) is 0 Å². The van der Waals surface area contributed by atoms with Gasteiger partial charge in [0.25, 0.3) is 0 Å². The van der Waals surface area contributed by atoms with Gasteiger partial charge in [-0.2, -0.15) is 0 Å². The van der Waals surface area contributed by atoms with Gasteiger partial charge < -0.3 is 9.80 Å². The summed E-state index contributed by atoms with van der Waals surface area (Å²) in [6.45, 7) is 23.8.